The van der Waals surface area contributed by atoms with Crippen molar-refractivity contribution in [3.63, 3.8) is 0 Å². The molecular weight excluding hydrogens is 260 g/mol. The molecule has 6 heteroatoms. The molecule has 0 saturated heterocycles. The Morgan fingerprint density at radius 2 is 2.05 bits per heavy atom. The average Bonchev–Trinajstić information content (AvgIpc) is 2.49. The first-order chi connectivity index (χ1) is 9.69. The molecule has 0 atom stereocenters. The van der Waals surface area contributed by atoms with Gasteiger partial charge < -0.3 is 14.8 Å². The number of carbonyl (C=O) groups is 2. The van der Waals surface area contributed by atoms with Gasteiger partial charge in [-0.25, -0.2) is 4.98 Å². The molecule has 6 nitrogen and oxygen atoms in total. The number of carbonyl (C=O) groups excluding carboxylic acids is 2. The SMILES string of the molecule is COC(=O)CCCCCNC(=O)c1cccnc1OC. The van der Waals surface area contributed by atoms with Crippen LogP contribution in [0.15, 0.2) is 18.3 Å². The van der Waals surface area contributed by atoms with Crippen molar-refractivity contribution >= 4 is 11.9 Å². The molecule has 1 heterocycles. The van der Waals surface area contributed by atoms with Crippen LogP contribution >= 0.6 is 0 Å². The van der Waals surface area contributed by atoms with Crippen molar-refractivity contribution in [2.45, 2.75) is 25.7 Å². The number of hydrogen-bond acceptors (Lipinski definition) is 5. The molecule has 0 spiro atoms. The van der Waals surface area contributed by atoms with E-state index in [-0.39, 0.29) is 11.9 Å². The Hall–Kier alpha value is -2.11. The summed E-state index contributed by atoms with van der Waals surface area (Å²) in [7, 11) is 2.86. The van der Waals surface area contributed by atoms with Crippen molar-refractivity contribution in [1.29, 1.82) is 0 Å². The van der Waals surface area contributed by atoms with Crippen molar-refractivity contribution in [3.8, 4) is 5.88 Å². The van der Waals surface area contributed by atoms with E-state index in [0.717, 1.165) is 19.3 Å². The fraction of sp³-hybridized carbons (Fsp3) is 0.500. The van der Waals surface area contributed by atoms with Crippen LogP contribution in [0.25, 0.3) is 0 Å². The summed E-state index contributed by atoms with van der Waals surface area (Å²) in [6.07, 6.45) is 4.42. The molecule has 0 unspecified atom stereocenters. The fourth-order valence-electron chi connectivity index (χ4n) is 1.70. The van der Waals surface area contributed by atoms with Gasteiger partial charge in [0.05, 0.1) is 14.2 Å². The smallest absolute Gasteiger partial charge is 0.305 e. The van der Waals surface area contributed by atoms with E-state index in [1.807, 2.05) is 0 Å². The standard InChI is InChI=1S/C14H20N2O4/c1-19-12(17)8-4-3-5-9-15-13(18)11-7-6-10-16-14(11)20-2/h6-7,10H,3-5,8-9H2,1-2H3,(H,15,18). The maximum absolute atomic E-state index is 11.9. The largest absolute Gasteiger partial charge is 0.480 e. The van der Waals surface area contributed by atoms with Gasteiger partial charge in [-0.2, -0.15) is 0 Å². The minimum Gasteiger partial charge on any atom is -0.480 e. The Labute approximate surface area is 118 Å². The van der Waals surface area contributed by atoms with Gasteiger partial charge in [-0.3, -0.25) is 9.59 Å². The first-order valence-electron chi connectivity index (χ1n) is 6.53. The van der Waals surface area contributed by atoms with Crippen molar-refractivity contribution < 1.29 is 19.1 Å². The van der Waals surface area contributed by atoms with E-state index < -0.39 is 0 Å². The Morgan fingerprint density at radius 1 is 1.25 bits per heavy atom. The molecule has 0 bridgehead atoms. The maximum Gasteiger partial charge on any atom is 0.305 e. The number of amides is 1. The Kier molecular flexibility index (Phi) is 7.10. The van der Waals surface area contributed by atoms with E-state index in [0.29, 0.717) is 24.4 Å². The Morgan fingerprint density at radius 3 is 2.75 bits per heavy atom. The maximum atomic E-state index is 11.9. The zero-order valence-electron chi connectivity index (χ0n) is 11.8. The summed E-state index contributed by atoms with van der Waals surface area (Å²) >= 11 is 0. The number of methoxy groups -OCH3 is 2. The molecule has 0 fully saturated rings. The molecule has 1 aromatic rings. The number of aromatic nitrogens is 1. The van der Waals surface area contributed by atoms with Gasteiger partial charge in [0.25, 0.3) is 5.91 Å². The van der Waals surface area contributed by atoms with Crippen LogP contribution in [0.1, 0.15) is 36.0 Å². The highest BCUT2D eigenvalue weighted by molar-refractivity contribution is 5.96. The normalized spacial score (nSPS) is 9.90. The second kappa shape index (κ2) is 8.90. The van der Waals surface area contributed by atoms with Crippen molar-refractivity contribution in [2.75, 3.05) is 20.8 Å². The molecule has 0 aliphatic carbocycles. The number of rotatable bonds is 8. The van der Waals surface area contributed by atoms with E-state index in [9.17, 15) is 9.59 Å². The predicted octanol–water partition coefficient (Wildman–Crippen LogP) is 1.55. The summed E-state index contributed by atoms with van der Waals surface area (Å²) < 4.78 is 9.58. The van der Waals surface area contributed by atoms with Crippen LogP contribution in [0, 0.1) is 0 Å². The van der Waals surface area contributed by atoms with Crippen LogP contribution in [0.5, 0.6) is 5.88 Å². The molecule has 0 saturated carbocycles. The lowest BCUT2D eigenvalue weighted by Gasteiger charge is -2.07. The Balaban J connectivity index is 2.25. The summed E-state index contributed by atoms with van der Waals surface area (Å²) in [4.78, 5) is 26.8. The summed E-state index contributed by atoms with van der Waals surface area (Å²) in [5.41, 5.74) is 0.421. The third-order valence-corrected chi connectivity index (χ3v) is 2.78. The van der Waals surface area contributed by atoms with E-state index in [4.69, 9.17) is 4.74 Å². The molecule has 1 rings (SSSR count). The third kappa shape index (κ3) is 5.26. The highest BCUT2D eigenvalue weighted by atomic mass is 16.5. The summed E-state index contributed by atoms with van der Waals surface area (Å²) in [6.45, 7) is 0.554. The molecule has 1 amide bonds. The molecular formula is C14H20N2O4. The second-order valence-electron chi connectivity index (χ2n) is 4.20. The molecule has 110 valence electrons. The number of nitrogens with zero attached hydrogens (tertiary/aromatic N) is 1. The first kappa shape index (κ1) is 15.9. The highest BCUT2D eigenvalue weighted by Gasteiger charge is 2.11. The lowest BCUT2D eigenvalue weighted by molar-refractivity contribution is -0.140. The predicted molar refractivity (Wildman–Crippen MR) is 73.6 cm³/mol. The van der Waals surface area contributed by atoms with Crippen LogP contribution in [-0.4, -0.2) is 37.6 Å². The summed E-state index contributed by atoms with van der Waals surface area (Å²) in [5, 5.41) is 2.80. The molecule has 0 aliphatic heterocycles. The number of hydrogen-bond donors (Lipinski definition) is 1. The lowest BCUT2D eigenvalue weighted by Crippen LogP contribution is -2.25. The first-order valence-corrected chi connectivity index (χ1v) is 6.53. The topological polar surface area (TPSA) is 77.5 Å². The molecule has 0 radical (unpaired) electrons. The number of ether oxygens (including phenoxy) is 2. The average molecular weight is 280 g/mol. The van der Waals surface area contributed by atoms with Gasteiger partial charge in [0.1, 0.15) is 5.56 Å². The van der Waals surface area contributed by atoms with Crippen LogP contribution in [-0.2, 0) is 9.53 Å². The molecule has 0 aromatic carbocycles. The van der Waals surface area contributed by atoms with Crippen LogP contribution in [0.4, 0.5) is 0 Å². The highest BCUT2D eigenvalue weighted by Crippen LogP contribution is 2.13. The lowest BCUT2D eigenvalue weighted by atomic mass is 10.2. The van der Waals surface area contributed by atoms with Crippen molar-refractivity contribution in [2.24, 2.45) is 0 Å². The van der Waals surface area contributed by atoms with Crippen molar-refractivity contribution in [1.82, 2.24) is 10.3 Å². The van der Waals surface area contributed by atoms with E-state index in [1.54, 1.807) is 18.3 Å². The van der Waals surface area contributed by atoms with Crippen LogP contribution in [0.2, 0.25) is 0 Å². The second-order valence-corrected chi connectivity index (χ2v) is 4.20. The number of pyridine rings is 1. The zero-order chi connectivity index (χ0) is 14.8. The van der Waals surface area contributed by atoms with Gasteiger partial charge >= 0.3 is 5.97 Å². The van der Waals surface area contributed by atoms with E-state index in [1.165, 1.54) is 14.2 Å². The van der Waals surface area contributed by atoms with Gasteiger partial charge in [0.2, 0.25) is 5.88 Å². The summed E-state index contributed by atoms with van der Waals surface area (Å²) in [6, 6.07) is 3.35. The number of unbranched alkanes of at least 4 members (excludes halogenated alkanes) is 2. The van der Waals surface area contributed by atoms with Gasteiger partial charge in [-0.1, -0.05) is 6.42 Å². The third-order valence-electron chi connectivity index (χ3n) is 2.78. The number of esters is 1. The molecule has 1 aromatic heterocycles. The van der Waals surface area contributed by atoms with E-state index in [2.05, 4.69) is 15.0 Å². The van der Waals surface area contributed by atoms with Crippen molar-refractivity contribution in [3.05, 3.63) is 23.9 Å². The monoisotopic (exact) mass is 280 g/mol. The van der Waals surface area contributed by atoms with Gasteiger partial charge in [-0.05, 0) is 25.0 Å². The minimum absolute atomic E-state index is 0.200. The zero-order valence-corrected chi connectivity index (χ0v) is 11.8. The molecule has 1 N–H and O–H groups in total. The fourth-order valence-corrected chi connectivity index (χ4v) is 1.70. The van der Waals surface area contributed by atoms with Gasteiger partial charge in [0.15, 0.2) is 0 Å². The molecule has 0 aliphatic rings. The van der Waals surface area contributed by atoms with E-state index >= 15 is 0 Å². The minimum atomic E-state index is -0.206. The molecule has 20 heavy (non-hydrogen) atoms. The quantitative estimate of drug-likeness (QED) is 0.577. The Bertz CT molecular complexity index is 449. The van der Waals surface area contributed by atoms with Crippen LogP contribution in [0.3, 0.4) is 0 Å². The summed E-state index contributed by atoms with van der Waals surface area (Å²) in [5.74, 6) is -0.0901. The van der Waals surface area contributed by atoms with Gasteiger partial charge in [-0.15, -0.1) is 0 Å². The van der Waals surface area contributed by atoms with Crippen LogP contribution < -0.4 is 10.1 Å². The number of nitrogens with one attached hydrogen (secondary N) is 1. The van der Waals surface area contributed by atoms with Gasteiger partial charge in [0, 0.05) is 19.2 Å².